The summed E-state index contributed by atoms with van der Waals surface area (Å²) in [6, 6.07) is 0. The van der Waals surface area contributed by atoms with E-state index in [9.17, 15) is 19.0 Å². The Kier molecular flexibility index (Phi) is 65.8. The number of carbonyl (C=O) groups excluding carboxylic acids is 2. The van der Waals surface area contributed by atoms with Crippen molar-refractivity contribution in [1.82, 2.24) is 0 Å². The van der Waals surface area contributed by atoms with Crippen molar-refractivity contribution in [1.29, 1.82) is 0 Å². The Morgan fingerprint density at radius 1 is 0.337 bits per heavy atom. The highest BCUT2D eigenvalue weighted by molar-refractivity contribution is 7.47. The molecule has 0 aliphatic carbocycles. The minimum Gasteiger partial charge on any atom is -0.462 e. The van der Waals surface area contributed by atoms with Crippen molar-refractivity contribution in [3.63, 3.8) is 0 Å². The summed E-state index contributed by atoms with van der Waals surface area (Å²) in [5, 5.41) is 0. The zero-order valence-electron chi connectivity index (χ0n) is 58.7. The Balaban J connectivity index is 4.20. The summed E-state index contributed by atoms with van der Waals surface area (Å²) in [6.45, 7) is 4.13. The van der Waals surface area contributed by atoms with Crippen LogP contribution in [0.1, 0.15) is 245 Å². The summed E-state index contributed by atoms with van der Waals surface area (Å²) in [5.74, 6) is -0.864. The van der Waals surface area contributed by atoms with E-state index in [4.69, 9.17) is 18.5 Å². The highest BCUT2D eigenvalue weighted by Crippen LogP contribution is 2.43. The van der Waals surface area contributed by atoms with Crippen LogP contribution in [0.3, 0.4) is 0 Å². The molecule has 0 spiro atoms. The summed E-state index contributed by atoms with van der Waals surface area (Å²) in [4.78, 5) is 35.9. The normalized spacial score (nSPS) is 14.4. The van der Waals surface area contributed by atoms with Gasteiger partial charge < -0.3 is 18.9 Å². The van der Waals surface area contributed by atoms with Crippen LogP contribution in [0.2, 0.25) is 0 Å². The quantitative estimate of drug-likeness (QED) is 0.0211. The van der Waals surface area contributed by atoms with Crippen molar-refractivity contribution in [2.24, 2.45) is 0 Å². The topological polar surface area (TPSA) is 108 Å². The largest absolute Gasteiger partial charge is 0.472 e. The zero-order chi connectivity index (χ0) is 66.9. The Morgan fingerprint density at radius 2 is 0.587 bits per heavy atom. The fourth-order valence-corrected chi connectivity index (χ4v) is 9.65. The maximum Gasteiger partial charge on any atom is 0.472 e. The summed E-state index contributed by atoms with van der Waals surface area (Å²) in [7, 11) is 1.42. The first kappa shape index (κ1) is 86.6. The fraction of sp³-hybridized carbons (Fsp3) is 0.561. The molecule has 2 atom stereocenters. The van der Waals surface area contributed by atoms with Crippen LogP contribution in [0.5, 0.6) is 0 Å². The first-order valence-corrected chi connectivity index (χ1v) is 37.3. The maximum atomic E-state index is 12.9. The predicted molar refractivity (Wildman–Crippen MR) is 398 cm³/mol. The van der Waals surface area contributed by atoms with Gasteiger partial charge in [-0.25, -0.2) is 4.57 Å². The minimum absolute atomic E-state index is 0.0117. The third kappa shape index (κ3) is 73.6. The van der Waals surface area contributed by atoms with Gasteiger partial charge in [0.2, 0.25) is 0 Å². The SMILES string of the molecule is CC/C=C\C/C=C\C/C=C\C/C=C\C/C=C\C/C=C\C/C=C\C/C=C\C/C=C\C/C=C\CCCCC(=O)OC(COC(=O)CCCCCCCCCCCCCCC/C=C\C/C=C\C/C=C\C/C=C\C/C=C\C/C=C\C/C=C\CC)COP(=O)(O)OCC[N+](C)(C)C. The number of allylic oxidation sites excluding steroid dienone is 34. The number of unbranched alkanes of at least 4 members (excludes halogenated alkanes) is 15. The summed E-state index contributed by atoms with van der Waals surface area (Å²) < 4.78 is 34.7. The number of esters is 2. The smallest absolute Gasteiger partial charge is 0.462 e. The lowest BCUT2D eigenvalue weighted by molar-refractivity contribution is -0.870. The van der Waals surface area contributed by atoms with Gasteiger partial charge in [0.1, 0.15) is 19.8 Å². The third-order valence-corrected chi connectivity index (χ3v) is 15.3. The highest BCUT2D eigenvalue weighted by Gasteiger charge is 2.27. The minimum atomic E-state index is -4.42. The van der Waals surface area contributed by atoms with Gasteiger partial charge in [0, 0.05) is 12.8 Å². The lowest BCUT2D eigenvalue weighted by Crippen LogP contribution is -2.37. The van der Waals surface area contributed by atoms with Crippen molar-refractivity contribution in [3.05, 3.63) is 207 Å². The Hall–Kier alpha value is -5.41. The number of nitrogens with zero attached hydrogens (tertiary/aromatic N) is 1. The van der Waals surface area contributed by atoms with E-state index in [1.807, 2.05) is 21.1 Å². The molecule has 0 fully saturated rings. The molecule has 0 aliphatic heterocycles. The van der Waals surface area contributed by atoms with Crippen LogP contribution < -0.4 is 0 Å². The van der Waals surface area contributed by atoms with Gasteiger partial charge in [-0.2, -0.15) is 0 Å². The van der Waals surface area contributed by atoms with E-state index in [1.165, 1.54) is 64.2 Å². The third-order valence-electron chi connectivity index (χ3n) is 14.3. The molecule has 10 heteroatoms. The second kappa shape index (κ2) is 69.9. The molecule has 0 radical (unpaired) electrons. The van der Waals surface area contributed by atoms with Crippen LogP contribution in [0, 0.1) is 0 Å². The highest BCUT2D eigenvalue weighted by atomic mass is 31.2. The van der Waals surface area contributed by atoms with Crippen molar-refractivity contribution < 1.29 is 42.1 Å². The van der Waals surface area contributed by atoms with Gasteiger partial charge in [-0.15, -0.1) is 0 Å². The fourth-order valence-electron chi connectivity index (χ4n) is 8.91. The van der Waals surface area contributed by atoms with Crippen molar-refractivity contribution in [2.45, 2.75) is 251 Å². The van der Waals surface area contributed by atoms with Crippen LogP contribution in [-0.2, 0) is 32.7 Å². The van der Waals surface area contributed by atoms with Gasteiger partial charge >= 0.3 is 19.8 Å². The Bertz CT molecular complexity index is 2310. The Labute approximate surface area is 564 Å². The first-order chi connectivity index (χ1) is 45.0. The number of carbonyl (C=O) groups is 2. The van der Waals surface area contributed by atoms with Crippen LogP contribution in [0.25, 0.3) is 0 Å². The number of quaternary nitrogens is 1. The average Bonchev–Trinajstić information content (AvgIpc) is 2.23. The summed E-state index contributed by atoms with van der Waals surface area (Å²) in [6.07, 6.45) is 111. The van der Waals surface area contributed by atoms with Gasteiger partial charge in [-0.1, -0.05) is 291 Å². The molecule has 0 saturated carbocycles. The molecule has 92 heavy (non-hydrogen) atoms. The molecule has 0 bridgehead atoms. The lowest BCUT2D eigenvalue weighted by Gasteiger charge is -2.24. The van der Waals surface area contributed by atoms with Crippen molar-refractivity contribution >= 4 is 19.8 Å². The molecule has 0 rings (SSSR count). The van der Waals surface area contributed by atoms with Gasteiger partial charge in [0.05, 0.1) is 27.7 Å². The molecule has 0 heterocycles. The molecule has 0 aromatic rings. The number of phosphoric ester groups is 1. The predicted octanol–water partition coefficient (Wildman–Crippen LogP) is 23.8. The monoisotopic (exact) mass is 1290 g/mol. The molecule has 0 saturated heterocycles. The van der Waals surface area contributed by atoms with Gasteiger partial charge in [-0.05, 0) is 148 Å². The van der Waals surface area contributed by atoms with Crippen LogP contribution >= 0.6 is 7.82 Å². The maximum absolute atomic E-state index is 12.9. The molecule has 0 amide bonds. The van der Waals surface area contributed by atoms with E-state index >= 15 is 0 Å². The number of ether oxygens (including phenoxy) is 2. The second-order valence-electron chi connectivity index (χ2n) is 24.2. The molecule has 0 aromatic heterocycles. The van der Waals surface area contributed by atoms with Gasteiger partial charge in [0.25, 0.3) is 0 Å². The molecular weight excluding hydrogens is 1160 g/mol. The first-order valence-electron chi connectivity index (χ1n) is 35.8. The molecular formula is C82H131NO8P+. The molecule has 1 N–H and O–H groups in total. The van der Waals surface area contributed by atoms with Crippen LogP contribution in [-0.4, -0.2) is 74.9 Å². The van der Waals surface area contributed by atoms with E-state index in [-0.39, 0.29) is 32.0 Å². The molecule has 516 valence electrons. The summed E-state index contributed by atoms with van der Waals surface area (Å²) in [5.41, 5.74) is 0. The van der Waals surface area contributed by atoms with Gasteiger partial charge in [0.15, 0.2) is 6.10 Å². The van der Waals surface area contributed by atoms with Crippen molar-refractivity contribution in [2.75, 3.05) is 47.5 Å². The number of hydrogen-bond donors (Lipinski definition) is 1. The van der Waals surface area contributed by atoms with E-state index in [2.05, 4.69) is 220 Å². The van der Waals surface area contributed by atoms with Crippen LogP contribution in [0.4, 0.5) is 0 Å². The molecule has 9 nitrogen and oxygen atoms in total. The number of rotatable bonds is 63. The summed E-state index contributed by atoms with van der Waals surface area (Å²) >= 11 is 0. The standard InChI is InChI=1S/C82H130NO8P/c1-6-8-10-12-14-16-18-20-22-24-26-28-30-32-34-36-38-40-41-43-44-46-48-50-52-54-56-58-60-62-64-66-68-70-72-74-81(84)88-78-80(79-90-92(86,87)89-77-76-83(3,4)5)91-82(85)75-73-71-69-67-65-63-61-59-57-55-53-51-49-47-45-42-39-37-35-33-31-29-27-25-23-21-19-17-15-13-11-9-7-2/h8-11,14-17,20-23,26-29,32-35,38-40,42-44,47,49,53,55,59,61,65,67,80H,6-7,12-13,18-19,24-25,30-31,36-37,41,45-46,48,50-52,54,56-58,60,62-64,66,68-79H2,1-5H3/p+1/b10-8-,11-9-,16-14-,17-15-,22-20-,23-21-,28-26-,29-27-,34-32-,35-33-,40-38-,42-39-,44-43-,49-47-,55-53-,61-59-,67-65-. The van der Waals surface area contributed by atoms with E-state index in [0.717, 1.165) is 148 Å². The number of hydrogen-bond acceptors (Lipinski definition) is 7. The molecule has 2 unspecified atom stereocenters. The number of phosphoric acid groups is 1. The molecule has 0 aromatic carbocycles. The molecule has 0 aliphatic rings. The lowest BCUT2D eigenvalue weighted by atomic mass is 10.0. The van der Waals surface area contributed by atoms with E-state index < -0.39 is 26.5 Å². The zero-order valence-corrected chi connectivity index (χ0v) is 59.6. The van der Waals surface area contributed by atoms with E-state index in [0.29, 0.717) is 17.4 Å². The number of likely N-dealkylation sites (N-methyl/N-ethyl adjacent to an activating group) is 1. The van der Waals surface area contributed by atoms with Crippen LogP contribution in [0.15, 0.2) is 207 Å². The Morgan fingerprint density at radius 3 is 0.891 bits per heavy atom. The average molecular weight is 1290 g/mol. The van der Waals surface area contributed by atoms with E-state index in [1.54, 1.807) is 0 Å². The van der Waals surface area contributed by atoms with Gasteiger partial charge in [-0.3, -0.25) is 18.6 Å². The second-order valence-corrected chi connectivity index (χ2v) is 25.6. The van der Waals surface area contributed by atoms with Crippen molar-refractivity contribution in [3.8, 4) is 0 Å².